The van der Waals surface area contributed by atoms with E-state index in [-0.39, 0.29) is 0 Å². The molecule has 0 aliphatic rings. The molecule has 0 heterocycles. The molecule has 0 radical (unpaired) electrons. The number of aromatic hydroxyl groups is 1. The number of phenolic OH excluding ortho intramolecular Hbond substituents is 1. The highest BCUT2D eigenvalue weighted by molar-refractivity contribution is 6.30. The van der Waals surface area contributed by atoms with Gasteiger partial charge in [0.15, 0.2) is 0 Å². The van der Waals surface area contributed by atoms with E-state index in [0.29, 0.717) is 5.75 Å². The van der Waals surface area contributed by atoms with E-state index in [2.05, 4.69) is 0 Å². The van der Waals surface area contributed by atoms with Crippen LogP contribution in [0.3, 0.4) is 0 Å². The summed E-state index contributed by atoms with van der Waals surface area (Å²) < 4.78 is 0. The highest BCUT2D eigenvalue weighted by Crippen LogP contribution is 2.17. The van der Waals surface area contributed by atoms with Gasteiger partial charge in [0.1, 0.15) is 5.75 Å². The number of benzene rings is 2. The first-order valence-corrected chi connectivity index (χ1v) is 5.82. The number of para-hydroxylation sites is 1. The normalized spacial score (nSPS) is 10.9. The fourth-order valence-electron chi connectivity index (χ4n) is 1.57. The van der Waals surface area contributed by atoms with Gasteiger partial charge >= 0.3 is 0 Å². The van der Waals surface area contributed by atoms with E-state index in [1.165, 1.54) is 5.56 Å². The highest BCUT2D eigenvalue weighted by atomic mass is 35.5. The molecule has 2 heteroatoms. The van der Waals surface area contributed by atoms with Crippen molar-refractivity contribution in [2.45, 2.75) is 6.42 Å². The first-order chi connectivity index (χ1) is 8.25. The molecule has 0 aliphatic heterocycles. The van der Waals surface area contributed by atoms with Crippen molar-refractivity contribution < 1.29 is 5.11 Å². The molecule has 0 amide bonds. The first kappa shape index (κ1) is 11.7. The molecule has 86 valence electrons. The molecule has 0 saturated heterocycles. The van der Waals surface area contributed by atoms with Crippen molar-refractivity contribution in [3.05, 3.63) is 70.8 Å². The lowest BCUT2D eigenvalue weighted by Crippen LogP contribution is -1.80. The molecular formula is C15H13ClO. The zero-order valence-electron chi connectivity index (χ0n) is 9.31. The summed E-state index contributed by atoms with van der Waals surface area (Å²) in [5, 5.41) is 10.3. The Kier molecular flexibility index (Phi) is 3.84. The van der Waals surface area contributed by atoms with Gasteiger partial charge in [-0.3, -0.25) is 0 Å². The number of rotatable bonds is 3. The number of hydrogen-bond acceptors (Lipinski definition) is 1. The Balaban J connectivity index is 2.03. The molecule has 2 aromatic carbocycles. The predicted octanol–water partition coefficient (Wildman–Crippen LogP) is 4.30. The Morgan fingerprint density at radius 1 is 1.00 bits per heavy atom. The fraction of sp³-hybridized carbons (Fsp3) is 0.0667. The van der Waals surface area contributed by atoms with Gasteiger partial charge in [0.25, 0.3) is 0 Å². The average Bonchev–Trinajstić information content (AvgIpc) is 2.34. The Bertz CT molecular complexity index is 515. The molecule has 1 nitrogen and oxygen atoms in total. The first-order valence-electron chi connectivity index (χ1n) is 5.45. The van der Waals surface area contributed by atoms with Gasteiger partial charge in [-0.2, -0.15) is 0 Å². The Labute approximate surface area is 106 Å². The summed E-state index contributed by atoms with van der Waals surface area (Å²) in [4.78, 5) is 0. The molecule has 0 atom stereocenters. The van der Waals surface area contributed by atoms with Gasteiger partial charge in [0, 0.05) is 10.6 Å². The van der Waals surface area contributed by atoms with Crippen LogP contribution in [0, 0.1) is 0 Å². The average molecular weight is 245 g/mol. The number of allylic oxidation sites excluding steroid dienone is 1. The van der Waals surface area contributed by atoms with Gasteiger partial charge in [-0.25, -0.2) is 0 Å². The molecule has 0 saturated carbocycles. The van der Waals surface area contributed by atoms with E-state index in [1.807, 2.05) is 54.6 Å². The molecule has 1 N–H and O–H groups in total. The van der Waals surface area contributed by atoms with Crippen molar-refractivity contribution >= 4 is 17.7 Å². The van der Waals surface area contributed by atoms with Gasteiger partial charge in [-0.1, -0.05) is 54.1 Å². The molecule has 17 heavy (non-hydrogen) atoms. The van der Waals surface area contributed by atoms with Crippen LogP contribution in [-0.2, 0) is 6.42 Å². The number of hydrogen-bond donors (Lipinski definition) is 1. The second-order valence-corrected chi connectivity index (χ2v) is 4.23. The summed E-state index contributed by atoms with van der Waals surface area (Å²) in [6.45, 7) is 0. The third-order valence-corrected chi connectivity index (χ3v) is 2.75. The molecule has 2 rings (SSSR count). The Morgan fingerprint density at radius 3 is 2.41 bits per heavy atom. The van der Waals surface area contributed by atoms with Crippen molar-refractivity contribution in [3.8, 4) is 5.75 Å². The smallest absolute Gasteiger partial charge is 0.122 e. The van der Waals surface area contributed by atoms with E-state index < -0.39 is 0 Å². The van der Waals surface area contributed by atoms with Crippen LogP contribution in [0.5, 0.6) is 5.75 Å². The molecule has 0 unspecified atom stereocenters. The Morgan fingerprint density at radius 2 is 1.71 bits per heavy atom. The summed E-state index contributed by atoms with van der Waals surface area (Å²) in [6.07, 6.45) is 4.77. The predicted molar refractivity (Wildman–Crippen MR) is 72.3 cm³/mol. The largest absolute Gasteiger partial charge is 0.507 e. The lowest BCUT2D eigenvalue weighted by molar-refractivity contribution is 0.474. The second-order valence-electron chi connectivity index (χ2n) is 3.79. The monoisotopic (exact) mass is 244 g/mol. The lowest BCUT2D eigenvalue weighted by Gasteiger charge is -1.98. The third-order valence-electron chi connectivity index (χ3n) is 2.50. The van der Waals surface area contributed by atoms with Crippen molar-refractivity contribution in [1.29, 1.82) is 0 Å². The van der Waals surface area contributed by atoms with Crippen LogP contribution < -0.4 is 0 Å². The molecule has 0 bridgehead atoms. The zero-order valence-corrected chi connectivity index (χ0v) is 10.1. The molecule has 0 spiro atoms. The molecule has 0 fully saturated rings. The Hall–Kier alpha value is -1.73. The maximum absolute atomic E-state index is 9.58. The van der Waals surface area contributed by atoms with E-state index >= 15 is 0 Å². The quantitative estimate of drug-likeness (QED) is 0.854. The van der Waals surface area contributed by atoms with Crippen LogP contribution in [0.2, 0.25) is 5.02 Å². The summed E-state index contributed by atoms with van der Waals surface area (Å²) in [5.74, 6) is 0.305. The maximum atomic E-state index is 9.58. The van der Waals surface area contributed by atoms with Crippen LogP contribution in [0.15, 0.2) is 54.6 Å². The third kappa shape index (κ3) is 3.36. The van der Waals surface area contributed by atoms with Gasteiger partial charge in [0.2, 0.25) is 0 Å². The van der Waals surface area contributed by atoms with Crippen LogP contribution in [-0.4, -0.2) is 5.11 Å². The van der Waals surface area contributed by atoms with E-state index in [1.54, 1.807) is 6.07 Å². The topological polar surface area (TPSA) is 20.2 Å². The van der Waals surface area contributed by atoms with Gasteiger partial charge in [-0.15, -0.1) is 0 Å². The van der Waals surface area contributed by atoms with Gasteiger partial charge in [0.05, 0.1) is 0 Å². The molecular weight excluding hydrogens is 232 g/mol. The number of phenols is 1. The van der Waals surface area contributed by atoms with Crippen molar-refractivity contribution in [2.75, 3.05) is 0 Å². The van der Waals surface area contributed by atoms with Crippen molar-refractivity contribution in [1.82, 2.24) is 0 Å². The minimum Gasteiger partial charge on any atom is -0.507 e. The van der Waals surface area contributed by atoms with E-state index in [0.717, 1.165) is 17.0 Å². The summed E-state index contributed by atoms with van der Waals surface area (Å²) in [7, 11) is 0. The fourth-order valence-corrected chi connectivity index (χ4v) is 1.70. The minimum atomic E-state index is 0.305. The standard InChI is InChI=1S/C15H13ClO/c16-14-10-8-12(9-11-14)4-3-6-13-5-1-2-7-15(13)17/h1-3,5-11,17H,4H2. The minimum absolute atomic E-state index is 0.305. The zero-order chi connectivity index (χ0) is 12.1. The maximum Gasteiger partial charge on any atom is 0.122 e. The van der Waals surface area contributed by atoms with Crippen LogP contribution in [0.1, 0.15) is 11.1 Å². The van der Waals surface area contributed by atoms with Crippen molar-refractivity contribution in [3.63, 3.8) is 0 Å². The molecule has 0 aliphatic carbocycles. The molecule has 0 aromatic heterocycles. The van der Waals surface area contributed by atoms with Crippen LogP contribution in [0.4, 0.5) is 0 Å². The van der Waals surface area contributed by atoms with Gasteiger partial charge in [-0.05, 0) is 30.2 Å². The van der Waals surface area contributed by atoms with Crippen molar-refractivity contribution in [2.24, 2.45) is 0 Å². The summed E-state index contributed by atoms with van der Waals surface area (Å²) >= 11 is 5.81. The summed E-state index contributed by atoms with van der Waals surface area (Å²) in [6, 6.07) is 15.0. The van der Waals surface area contributed by atoms with E-state index in [4.69, 9.17) is 11.6 Å². The van der Waals surface area contributed by atoms with Gasteiger partial charge < -0.3 is 5.11 Å². The molecule has 2 aromatic rings. The number of halogens is 1. The van der Waals surface area contributed by atoms with E-state index in [9.17, 15) is 5.11 Å². The SMILES string of the molecule is Oc1ccccc1C=CCc1ccc(Cl)cc1. The highest BCUT2D eigenvalue weighted by Gasteiger charge is 1.94. The summed E-state index contributed by atoms with van der Waals surface area (Å²) in [5.41, 5.74) is 2.03. The lowest BCUT2D eigenvalue weighted by atomic mass is 10.1. The van der Waals surface area contributed by atoms with Crippen LogP contribution in [0.25, 0.3) is 6.08 Å². The second kappa shape index (κ2) is 5.55. The van der Waals surface area contributed by atoms with Crippen LogP contribution >= 0.6 is 11.6 Å².